The van der Waals surface area contributed by atoms with Crippen molar-refractivity contribution >= 4 is 29.4 Å². The monoisotopic (exact) mass is 573 g/mol. The van der Waals surface area contributed by atoms with Crippen molar-refractivity contribution in [1.82, 2.24) is 19.8 Å². The van der Waals surface area contributed by atoms with Gasteiger partial charge in [0.2, 0.25) is 5.91 Å². The number of carbonyl (C=O) groups is 2. The number of carbonyl (C=O) groups excluding carboxylic acids is 2. The first kappa shape index (κ1) is 27.0. The first-order valence-corrected chi connectivity index (χ1v) is 13.9. The number of aromatic nitrogens is 2. The Balaban J connectivity index is 1.10. The molecule has 0 unspecified atom stereocenters. The van der Waals surface area contributed by atoms with Gasteiger partial charge in [0.1, 0.15) is 29.8 Å². The average molecular weight is 574 g/mol. The van der Waals surface area contributed by atoms with E-state index in [1.54, 1.807) is 18.3 Å². The van der Waals surface area contributed by atoms with Crippen LogP contribution >= 0.6 is 11.6 Å². The second kappa shape index (κ2) is 11.3. The van der Waals surface area contributed by atoms with E-state index >= 15 is 0 Å². The van der Waals surface area contributed by atoms with Crippen LogP contribution < -0.4 is 15.0 Å². The molecule has 1 fully saturated rings. The molecule has 0 aliphatic carbocycles. The van der Waals surface area contributed by atoms with Crippen molar-refractivity contribution in [3.05, 3.63) is 100.0 Å². The Morgan fingerprint density at radius 2 is 1.85 bits per heavy atom. The molecule has 3 amide bonds. The minimum Gasteiger partial charge on any atom is -0.489 e. The third kappa shape index (κ3) is 5.68. The Morgan fingerprint density at radius 3 is 2.63 bits per heavy atom. The molecule has 1 saturated heterocycles. The Hall–Kier alpha value is -4.21. The third-order valence-electron chi connectivity index (χ3n) is 7.63. The van der Waals surface area contributed by atoms with Gasteiger partial charge in [-0.05, 0) is 47.4 Å². The van der Waals surface area contributed by atoms with E-state index in [0.717, 1.165) is 37.4 Å². The maximum atomic E-state index is 14.1. The average Bonchev–Trinajstić information content (AvgIpc) is 3.34. The van der Waals surface area contributed by atoms with E-state index in [4.69, 9.17) is 16.3 Å². The molecule has 0 bridgehead atoms. The van der Waals surface area contributed by atoms with Crippen LogP contribution in [0.5, 0.6) is 5.75 Å². The number of nitrogens with one attached hydrogen (secondary N) is 1. The van der Waals surface area contributed by atoms with Crippen LogP contribution in [-0.2, 0) is 38.0 Å². The molecule has 0 radical (unpaired) electrons. The summed E-state index contributed by atoms with van der Waals surface area (Å²) in [6.45, 7) is 2.93. The Bertz CT molecular complexity index is 1600. The number of hydrogen-bond donors (Lipinski definition) is 1. The predicted molar refractivity (Wildman–Crippen MR) is 154 cm³/mol. The summed E-state index contributed by atoms with van der Waals surface area (Å²) in [5, 5.41) is 2.71. The molecule has 0 spiro atoms. The molecule has 210 valence electrons. The second-order valence-corrected chi connectivity index (χ2v) is 10.7. The van der Waals surface area contributed by atoms with Crippen LogP contribution in [0.25, 0.3) is 11.4 Å². The van der Waals surface area contributed by atoms with E-state index in [2.05, 4.69) is 33.4 Å². The molecular formula is C31H29ClFN5O3. The minimum atomic E-state index is -0.428. The number of hydrogen-bond acceptors (Lipinski definition) is 5. The first-order valence-electron chi connectivity index (χ1n) is 13.5. The quantitative estimate of drug-likeness (QED) is 0.317. The van der Waals surface area contributed by atoms with Gasteiger partial charge in [0, 0.05) is 50.8 Å². The van der Waals surface area contributed by atoms with Gasteiger partial charge >= 0.3 is 6.03 Å². The zero-order valence-corrected chi connectivity index (χ0v) is 23.3. The summed E-state index contributed by atoms with van der Waals surface area (Å²) < 4.78 is 21.9. The Labute approximate surface area is 242 Å². The highest BCUT2D eigenvalue weighted by Crippen LogP contribution is 2.28. The third-order valence-corrected chi connectivity index (χ3v) is 7.98. The predicted octanol–water partition coefficient (Wildman–Crippen LogP) is 5.46. The fourth-order valence-corrected chi connectivity index (χ4v) is 5.58. The topological polar surface area (TPSA) is 79.7 Å². The lowest BCUT2D eigenvalue weighted by molar-refractivity contribution is -0.120. The Kier molecular flexibility index (Phi) is 7.47. The summed E-state index contributed by atoms with van der Waals surface area (Å²) in [4.78, 5) is 32.2. The zero-order valence-electron chi connectivity index (χ0n) is 22.6. The van der Waals surface area contributed by atoms with Crippen LogP contribution in [0.3, 0.4) is 0 Å². The van der Waals surface area contributed by atoms with E-state index in [1.165, 1.54) is 27.7 Å². The largest absolute Gasteiger partial charge is 0.489 e. The standard InChI is InChI=1S/C31H29ClFN5O3/c1-36-29(38-14-12-28(39)35-31(38)40)16-34-30(36)22-7-5-20(6-8-22)17-37-13-11-21-9-10-24(15-23(21)18-37)41-19-25-26(32)3-2-4-27(25)33/h2-10,15-16H,11-14,17-19H2,1H3,(H,35,39,40). The van der Waals surface area contributed by atoms with Crippen molar-refractivity contribution in [2.75, 3.05) is 18.0 Å². The number of halogens is 2. The van der Waals surface area contributed by atoms with Gasteiger partial charge in [-0.2, -0.15) is 0 Å². The van der Waals surface area contributed by atoms with Crippen LogP contribution in [0.15, 0.2) is 66.9 Å². The van der Waals surface area contributed by atoms with Crippen LogP contribution in [0.4, 0.5) is 15.0 Å². The van der Waals surface area contributed by atoms with Gasteiger partial charge < -0.3 is 9.30 Å². The van der Waals surface area contributed by atoms with E-state index in [1.807, 2.05) is 35.9 Å². The number of fused-ring (bicyclic) bond motifs is 1. The highest BCUT2D eigenvalue weighted by molar-refractivity contribution is 6.31. The van der Waals surface area contributed by atoms with Crippen molar-refractivity contribution in [1.29, 1.82) is 0 Å². The molecule has 2 aliphatic heterocycles. The van der Waals surface area contributed by atoms with Gasteiger partial charge in [-0.1, -0.05) is 48.0 Å². The maximum absolute atomic E-state index is 14.1. The number of amides is 3. The summed E-state index contributed by atoms with van der Waals surface area (Å²) in [5.41, 5.74) is 4.98. The highest BCUT2D eigenvalue weighted by Gasteiger charge is 2.27. The van der Waals surface area contributed by atoms with E-state index < -0.39 is 6.03 Å². The van der Waals surface area contributed by atoms with Gasteiger partial charge in [-0.3, -0.25) is 19.9 Å². The number of imidazole rings is 1. The summed E-state index contributed by atoms with van der Waals surface area (Å²) >= 11 is 6.14. The van der Waals surface area contributed by atoms with E-state index in [9.17, 15) is 14.0 Å². The van der Waals surface area contributed by atoms with Crippen molar-refractivity contribution < 1.29 is 18.7 Å². The van der Waals surface area contributed by atoms with Crippen molar-refractivity contribution in [3.8, 4) is 17.1 Å². The van der Waals surface area contributed by atoms with Crippen molar-refractivity contribution in [2.24, 2.45) is 7.05 Å². The fourth-order valence-electron chi connectivity index (χ4n) is 5.36. The smallest absolute Gasteiger partial charge is 0.329 e. The summed E-state index contributed by atoms with van der Waals surface area (Å²) in [6, 6.07) is 18.5. The lowest BCUT2D eigenvalue weighted by atomic mass is 9.99. The molecular weight excluding hydrogens is 545 g/mol. The molecule has 3 aromatic carbocycles. The summed E-state index contributed by atoms with van der Waals surface area (Å²) in [5.74, 6) is 1.44. The number of nitrogens with zero attached hydrogens (tertiary/aromatic N) is 4. The molecule has 4 aromatic rings. The van der Waals surface area contributed by atoms with E-state index in [-0.39, 0.29) is 24.8 Å². The van der Waals surface area contributed by atoms with E-state index in [0.29, 0.717) is 28.7 Å². The molecule has 6 rings (SSSR count). The number of imide groups is 1. The van der Waals surface area contributed by atoms with Gasteiger partial charge in [-0.15, -0.1) is 0 Å². The zero-order chi connectivity index (χ0) is 28.5. The SMILES string of the molecule is Cn1c(N2CCC(=O)NC2=O)cnc1-c1ccc(CN2CCc3ccc(OCc4c(F)cccc4Cl)cc3C2)cc1. The fraction of sp³-hybridized carbons (Fsp3) is 0.258. The number of ether oxygens (including phenoxy) is 1. The van der Waals surface area contributed by atoms with Crippen LogP contribution in [0.2, 0.25) is 5.02 Å². The maximum Gasteiger partial charge on any atom is 0.329 e. The molecule has 8 nitrogen and oxygen atoms in total. The number of benzene rings is 3. The van der Waals surface area contributed by atoms with Crippen molar-refractivity contribution in [2.45, 2.75) is 32.5 Å². The number of anilines is 1. The lowest BCUT2D eigenvalue weighted by Gasteiger charge is -2.29. The molecule has 10 heteroatoms. The lowest BCUT2D eigenvalue weighted by Crippen LogP contribution is -2.50. The van der Waals surface area contributed by atoms with Crippen LogP contribution in [0.1, 0.15) is 28.7 Å². The van der Waals surface area contributed by atoms with Crippen LogP contribution in [0, 0.1) is 5.82 Å². The normalized spacial score (nSPS) is 15.5. The summed E-state index contributed by atoms with van der Waals surface area (Å²) in [6.07, 6.45) is 2.87. The molecule has 1 aromatic heterocycles. The van der Waals surface area contributed by atoms with Gasteiger partial charge in [-0.25, -0.2) is 14.2 Å². The second-order valence-electron chi connectivity index (χ2n) is 10.3. The molecule has 3 heterocycles. The summed E-state index contributed by atoms with van der Waals surface area (Å²) in [7, 11) is 1.86. The van der Waals surface area contributed by atoms with Gasteiger partial charge in [0.15, 0.2) is 0 Å². The van der Waals surface area contributed by atoms with Crippen molar-refractivity contribution in [3.63, 3.8) is 0 Å². The molecule has 1 N–H and O–H groups in total. The minimum absolute atomic E-state index is 0.0722. The highest BCUT2D eigenvalue weighted by atomic mass is 35.5. The molecule has 2 aliphatic rings. The first-order chi connectivity index (χ1) is 19.9. The number of rotatable bonds is 7. The molecule has 0 saturated carbocycles. The molecule has 41 heavy (non-hydrogen) atoms. The van der Waals surface area contributed by atoms with Gasteiger partial charge in [0.25, 0.3) is 0 Å². The van der Waals surface area contributed by atoms with Crippen LogP contribution in [-0.4, -0.2) is 39.5 Å². The Morgan fingerprint density at radius 1 is 1.02 bits per heavy atom. The van der Waals surface area contributed by atoms with Gasteiger partial charge in [0.05, 0.1) is 11.2 Å². The number of urea groups is 1. The molecule has 0 atom stereocenters.